The van der Waals surface area contributed by atoms with E-state index >= 15 is 0 Å². The number of rotatable bonds is 4. The number of hydrogen-bond donors (Lipinski definition) is 1. The zero-order valence-electron chi connectivity index (χ0n) is 13.6. The molecule has 2 aromatic carbocycles. The Labute approximate surface area is 140 Å². The molecule has 0 unspecified atom stereocenters. The average Bonchev–Trinajstić information content (AvgIpc) is 2.85. The van der Waals surface area contributed by atoms with Gasteiger partial charge in [-0.05, 0) is 36.3 Å². The quantitative estimate of drug-likeness (QED) is 0.869. The van der Waals surface area contributed by atoms with Gasteiger partial charge in [0, 0.05) is 17.6 Å². The molecule has 2 aromatic rings. The highest BCUT2D eigenvalue weighted by Gasteiger charge is 2.26. The number of cyclic esters (lactones) is 1. The van der Waals surface area contributed by atoms with E-state index in [0.717, 1.165) is 16.7 Å². The molecule has 1 N–H and O–H groups in total. The van der Waals surface area contributed by atoms with Gasteiger partial charge in [-0.3, -0.25) is 0 Å². The molecule has 0 aliphatic carbocycles. The second-order valence-electron chi connectivity index (χ2n) is 5.60. The second kappa shape index (κ2) is 6.62. The maximum absolute atomic E-state index is 12.2. The average molecular weight is 322 g/mol. The molecule has 4 nitrogen and oxygen atoms in total. The number of hydrogen-bond acceptors (Lipinski definition) is 4. The number of esters is 1. The molecule has 0 saturated carbocycles. The van der Waals surface area contributed by atoms with E-state index < -0.39 is 0 Å². The number of phenolic OH excluding ortho intramolecular Hbond substituents is 1. The van der Waals surface area contributed by atoms with Crippen LogP contribution in [0.25, 0.3) is 6.08 Å². The smallest absolute Gasteiger partial charge is 0.340 e. The fraction of sp³-hybridized carbons (Fsp3) is 0.150. The fourth-order valence-corrected chi connectivity index (χ4v) is 2.62. The molecule has 4 heteroatoms. The monoisotopic (exact) mass is 322 g/mol. The summed E-state index contributed by atoms with van der Waals surface area (Å²) in [5.74, 6) is 0.659. The van der Waals surface area contributed by atoms with Crippen molar-refractivity contribution in [3.63, 3.8) is 0 Å². The summed E-state index contributed by atoms with van der Waals surface area (Å²) < 4.78 is 10.5. The molecule has 0 fully saturated rings. The molecule has 24 heavy (non-hydrogen) atoms. The van der Waals surface area contributed by atoms with Crippen LogP contribution in [0.1, 0.15) is 18.1 Å². The Morgan fingerprint density at radius 3 is 2.62 bits per heavy atom. The molecular weight excluding hydrogens is 304 g/mol. The van der Waals surface area contributed by atoms with Gasteiger partial charge in [0.25, 0.3) is 0 Å². The first-order valence-corrected chi connectivity index (χ1v) is 7.63. The zero-order valence-corrected chi connectivity index (χ0v) is 13.6. The molecule has 0 saturated heterocycles. The molecule has 1 aliphatic rings. The van der Waals surface area contributed by atoms with Crippen LogP contribution in [0.4, 0.5) is 0 Å². The fourth-order valence-electron chi connectivity index (χ4n) is 2.62. The van der Waals surface area contributed by atoms with Gasteiger partial charge < -0.3 is 14.6 Å². The van der Waals surface area contributed by atoms with Gasteiger partial charge in [0.05, 0.1) is 7.11 Å². The van der Waals surface area contributed by atoms with Crippen molar-refractivity contribution in [2.45, 2.75) is 13.3 Å². The summed E-state index contributed by atoms with van der Waals surface area (Å²) in [5, 5.41) is 9.66. The summed E-state index contributed by atoms with van der Waals surface area (Å²) in [6.07, 6.45) is 2.31. The summed E-state index contributed by atoms with van der Waals surface area (Å²) in [6.45, 7) is 1.88. The Bertz CT molecular complexity index is 832. The van der Waals surface area contributed by atoms with E-state index in [0.29, 0.717) is 23.5 Å². The Kier molecular flexibility index (Phi) is 4.38. The first-order valence-electron chi connectivity index (χ1n) is 7.63. The number of carbonyl (C=O) groups is 1. The molecular formula is C20H18O4. The molecule has 122 valence electrons. The first kappa shape index (κ1) is 15.9. The van der Waals surface area contributed by atoms with Crippen molar-refractivity contribution in [1.82, 2.24) is 0 Å². The second-order valence-corrected chi connectivity index (χ2v) is 5.60. The van der Waals surface area contributed by atoms with Gasteiger partial charge in [-0.2, -0.15) is 0 Å². The molecule has 0 spiro atoms. The third-order valence-corrected chi connectivity index (χ3v) is 4.00. The van der Waals surface area contributed by atoms with Gasteiger partial charge in [0.2, 0.25) is 0 Å². The largest absolute Gasteiger partial charge is 0.504 e. The summed E-state index contributed by atoms with van der Waals surface area (Å²) in [5.41, 5.74) is 3.35. The van der Waals surface area contributed by atoms with Crippen LogP contribution >= 0.6 is 0 Å². The topological polar surface area (TPSA) is 55.8 Å². The van der Waals surface area contributed by atoms with Crippen molar-refractivity contribution in [3.05, 3.63) is 76.6 Å². The van der Waals surface area contributed by atoms with Gasteiger partial charge in [0.15, 0.2) is 11.5 Å². The van der Waals surface area contributed by atoms with Gasteiger partial charge in [0.1, 0.15) is 5.76 Å². The standard InChI is InChI=1S/C20H18O4/c1-13-16(10-14-6-4-3-5-7-14)20(22)24-18(13)11-15-8-9-17(21)19(12-15)23-2/h3-9,11-12,21H,10H2,1-2H3/b18-11-. The minimum absolute atomic E-state index is 0.0695. The normalized spacial score (nSPS) is 15.8. The number of carbonyl (C=O) groups excluding carboxylic acids is 1. The van der Waals surface area contributed by atoms with Crippen molar-refractivity contribution < 1.29 is 19.4 Å². The molecule has 0 atom stereocenters. The molecule has 1 aliphatic heterocycles. The third-order valence-electron chi connectivity index (χ3n) is 4.00. The Balaban J connectivity index is 1.91. The minimum atomic E-state index is -0.312. The first-order chi connectivity index (χ1) is 11.6. The lowest BCUT2D eigenvalue weighted by Gasteiger charge is -2.05. The van der Waals surface area contributed by atoms with Crippen molar-refractivity contribution in [3.8, 4) is 11.5 Å². The summed E-state index contributed by atoms with van der Waals surface area (Å²) in [7, 11) is 1.49. The lowest BCUT2D eigenvalue weighted by Crippen LogP contribution is -2.02. The van der Waals surface area contributed by atoms with Crippen LogP contribution in [0, 0.1) is 0 Å². The van der Waals surface area contributed by atoms with Crippen LogP contribution in [0.3, 0.4) is 0 Å². The van der Waals surface area contributed by atoms with Crippen LogP contribution in [0.5, 0.6) is 11.5 Å². The molecule has 0 aromatic heterocycles. The van der Waals surface area contributed by atoms with E-state index in [1.807, 2.05) is 37.3 Å². The Morgan fingerprint density at radius 2 is 1.92 bits per heavy atom. The minimum Gasteiger partial charge on any atom is -0.504 e. The van der Waals surface area contributed by atoms with Crippen molar-refractivity contribution >= 4 is 12.0 Å². The number of methoxy groups -OCH3 is 1. The van der Waals surface area contributed by atoms with Crippen LogP contribution in [-0.4, -0.2) is 18.2 Å². The predicted octanol–water partition coefficient (Wildman–Crippen LogP) is 3.86. The zero-order chi connectivity index (χ0) is 17.1. The van der Waals surface area contributed by atoms with E-state index in [1.165, 1.54) is 7.11 Å². The number of benzene rings is 2. The number of aromatic hydroxyl groups is 1. The summed E-state index contributed by atoms with van der Waals surface area (Å²) in [6, 6.07) is 14.8. The summed E-state index contributed by atoms with van der Waals surface area (Å²) >= 11 is 0. The van der Waals surface area contributed by atoms with Crippen molar-refractivity contribution in [2.75, 3.05) is 7.11 Å². The molecule has 0 radical (unpaired) electrons. The molecule has 1 heterocycles. The van der Waals surface area contributed by atoms with Gasteiger partial charge in [-0.25, -0.2) is 4.79 Å². The predicted molar refractivity (Wildman–Crippen MR) is 91.6 cm³/mol. The maximum Gasteiger partial charge on any atom is 0.340 e. The van der Waals surface area contributed by atoms with Crippen LogP contribution < -0.4 is 4.74 Å². The Hall–Kier alpha value is -3.01. The van der Waals surface area contributed by atoms with E-state index in [9.17, 15) is 9.90 Å². The molecule has 0 bridgehead atoms. The Morgan fingerprint density at radius 1 is 1.17 bits per heavy atom. The van der Waals surface area contributed by atoms with E-state index in [4.69, 9.17) is 9.47 Å². The van der Waals surface area contributed by atoms with Gasteiger partial charge in [-0.15, -0.1) is 0 Å². The number of allylic oxidation sites excluding steroid dienone is 1. The molecule has 3 rings (SSSR count). The van der Waals surface area contributed by atoms with E-state index in [1.54, 1.807) is 24.3 Å². The lowest BCUT2D eigenvalue weighted by molar-refractivity contribution is -0.133. The highest BCUT2D eigenvalue weighted by atomic mass is 16.5. The van der Waals surface area contributed by atoms with Crippen LogP contribution in [0.15, 0.2) is 65.4 Å². The highest BCUT2D eigenvalue weighted by molar-refractivity contribution is 5.96. The van der Waals surface area contributed by atoms with Gasteiger partial charge >= 0.3 is 5.97 Å². The van der Waals surface area contributed by atoms with E-state index in [2.05, 4.69) is 0 Å². The van der Waals surface area contributed by atoms with Crippen LogP contribution in [-0.2, 0) is 16.0 Å². The van der Waals surface area contributed by atoms with Crippen molar-refractivity contribution in [1.29, 1.82) is 0 Å². The highest BCUT2D eigenvalue weighted by Crippen LogP contribution is 2.32. The number of ether oxygens (including phenoxy) is 2. The van der Waals surface area contributed by atoms with Crippen LogP contribution in [0.2, 0.25) is 0 Å². The molecule has 0 amide bonds. The SMILES string of the molecule is COc1cc(/C=C2\OC(=O)C(Cc3ccccc3)=C2C)ccc1O. The lowest BCUT2D eigenvalue weighted by atomic mass is 10.0. The third kappa shape index (κ3) is 3.18. The number of phenols is 1. The maximum atomic E-state index is 12.2. The summed E-state index contributed by atoms with van der Waals surface area (Å²) in [4.78, 5) is 12.2. The van der Waals surface area contributed by atoms with Crippen molar-refractivity contribution in [2.24, 2.45) is 0 Å². The van der Waals surface area contributed by atoms with Gasteiger partial charge in [-0.1, -0.05) is 36.4 Å². The van der Waals surface area contributed by atoms with E-state index in [-0.39, 0.29) is 11.7 Å².